The Morgan fingerprint density at radius 1 is 1.47 bits per heavy atom. The molecule has 2 rings (SSSR count). The van der Waals surface area contributed by atoms with Crippen LogP contribution in [0.4, 0.5) is 0 Å². The van der Waals surface area contributed by atoms with Crippen LogP contribution in [0.15, 0.2) is 12.1 Å². The first kappa shape index (κ1) is 13.0. The Hall–Kier alpha value is -0.420. The zero-order valence-electron chi connectivity index (χ0n) is 10.7. The minimum atomic E-state index is -0.349. The lowest BCUT2D eigenvalue weighted by Gasteiger charge is -2.18. The van der Waals surface area contributed by atoms with Gasteiger partial charge in [-0.15, -0.1) is 11.3 Å². The summed E-state index contributed by atoms with van der Waals surface area (Å²) in [6.45, 7) is 8.62. The molecule has 1 aliphatic heterocycles. The van der Waals surface area contributed by atoms with E-state index in [4.69, 9.17) is 4.74 Å². The van der Waals surface area contributed by atoms with E-state index in [1.165, 1.54) is 9.75 Å². The molecule has 0 saturated carbocycles. The summed E-state index contributed by atoms with van der Waals surface area (Å²) in [5.74, 6) is 0. The summed E-state index contributed by atoms with van der Waals surface area (Å²) in [7, 11) is 0. The number of nitrogens with zero attached hydrogens (tertiary/aromatic N) is 1. The first-order valence-corrected chi connectivity index (χ1v) is 6.97. The average Bonchev–Trinajstić information content (AvgIpc) is 2.74. The van der Waals surface area contributed by atoms with Gasteiger partial charge in [0.1, 0.15) is 0 Å². The lowest BCUT2D eigenvalue weighted by atomic mass is 10.2. The second-order valence-electron chi connectivity index (χ2n) is 5.00. The Morgan fingerprint density at radius 3 is 2.82 bits per heavy atom. The summed E-state index contributed by atoms with van der Waals surface area (Å²) in [6, 6.07) is 4.32. The number of hydrogen-bond acceptors (Lipinski definition) is 4. The second-order valence-corrected chi connectivity index (χ2v) is 6.37. The molecule has 1 aromatic heterocycles. The molecular weight excluding hydrogens is 234 g/mol. The van der Waals surface area contributed by atoms with E-state index >= 15 is 0 Å². The average molecular weight is 255 g/mol. The van der Waals surface area contributed by atoms with Crippen molar-refractivity contribution in [2.45, 2.75) is 45.6 Å². The first-order valence-electron chi connectivity index (χ1n) is 6.16. The molecule has 0 aromatic carbocycles. The summed E-state index contributed by atoms with van der Waals surface area (Å²) < 4.78 is 5.71. The maximum atomic E-state index is 9.93. The molecule has 3 nitrogen and oxygen atoms in total. The van der Waals surface area contributed by atoms with Crippen molar-refractivity contribution < 1.29 is 9.84 Å². The third-order valence-corrected chi connectivity index (χ3v) is 3.92. The van der Waals surface area contributed by atoms with E-state index < -0.39 is 0 Å². The molecule has 0 aliphatic carbocycles. The lowest BCUT2D eigenvalue weighted by molar-refractivity contribution is -0.0396. The van der Waals surface area contributed by atoms with E-state index in [0.717, 1.165) is 13.1 Å². The standard InChI is InChI=1S/C13H21NO2S/c1-9(2)16-13-8-14(7-12(13)15)6-11-5-4-10(3)17-11/h4-5,9,12-13,15H,6-8H2,1-3H3/t12-,13-/m0/s1. The molecule has 4 heteroatoms. The van der Waals surface area contributed by atoms with Gasteiger partial charge in [0.25, 0.3) is 0 Å². The molecule has 1 aromatic rings. The number of aryl methyl sites for hydroxylation is 1. The molecule has 2 heterocycles. The maximum Gasteiger partial charge on any atom is 0.0976 e. The van der Waals surface area contributed by atoms with Crippen molar-refractivity contribution in [2.24, 2.45) is 0 Å². The zero-order chi connectivity index (χ0) is 12.4. The van der Waals surface area contributed by atoms with Gasteiger partial charge >= 0.3 is 0 Å². The SMILES string of the molecule is Cc1ccc(CN2C[C@H](OC(C)C)[C@@H](O)C2)s1. The summed E-state index contributed by atoms with van der Waals surface area (Å²) >= 11 is 1.83. The summed E-state index contributed by atoms with van der Waals surface area (Å²) in [6.07, 6.45) is -0.201. The number of aliphatic hydroxyl groups is 1. The van der Waals surface area contributed by atoms with Gasteiger partial charge in [-0.2, -0.15) is 0 Å². The van der Waals surface area contributed by atoms with Gasteiger partial charge in [0.2, 0.25) is 0 Å². The van der Waals surface area contributed by atoms with Crippen LogP contribution in [-0.2, 0) is 11.3 Å². The van der Waals surface area contributed by atoms with Crippen LogP contribution in [0.2, 0.25) is 0 Å². The van der Waals surface area contributed by atoms with Crippen LogP contribution >= 0.6 is 11.3 Å². The van der Waals surface area contributed by atoms with Crippen LogP contribution in [0.1, 0.15) is 23.6 Å². The van der Waals surface area contributed by atoms with Crippen LogP contribution in [0.5, 0.6) is 0 Å². The normalized spacial score (nSPS) is 25.9. The molecule has 1 saturated heterocycles. The molecule has 17 heavy (non-hydrogen) atoms. The second kappa shape index (κ2) is 5.48. The van der Waals surface area contributed by atoms with Crippen LogP contribution < -0.4 is 0 Å². The van der Waals surface area contributed by atoms with Gasteiger partial charge in [-0.25, -0.2) is 0 Å². The van der Waals surface area contributed by atoms with Crippen molar-refractivity contribution in [3.05, 3.63) is 21.9 Å². The van der Waals surface area contributed by atoms with Crippen molar-refractivity contribution in [2.75, 3.05) is 13.1 Å². The quantitative estimate of drug-likeness (QED) is 0.893. The van der Waals surface area contributed by atoms with E-state index in [9.17, 15) is 5.11 Å². The zero-order valence-corrected chi connectivity index (χ0v) is 11.5. The topological polar surface area (TPSA) is 32.7 Å². The number of thiophene rings is 1. The fourth-order valence-corrected chi connectivity index (χ4v) is 3.17. The Balaban J connectivity index is 1.88. The van der Waals surface area contributed by atoms with Gasteiger partial charge in [-0.05, 0) is 32.9 Å². The molecule has 0 amide bonds. The minimum absolute atomic E-state index is 0.0314. The molecule has 1 N–H and O–H groups in total. The predicted molar refractivity (Wildman–Crippen MR) is 70.3 cm³/mol. The van der Waals surface area contributed by atoms with E-state index in [1.54, 1.807) is 0 Å². The fraction of sp³-hybridized carbons (Fsp3) is 0.692. The van der Waals surface area contributed by atoms with Crippen molar-refractivity contribution in [1.82, 2.24) is 4.90 Å². The summed E-state index contributed by atoms with van der Waals surface area (Å²) in [5.41, 5.74) is 0. The van der Waals surface area contributed by atoms with E-state index in [0.29, 0.717) is 6.54 Å². The van der Waals surface area contributed by atoms with Crippen LogP contribution in [0, 0.1) is 6.92 Å². The highest BCUT2D eigenvalue weighted by Gasteiger charge is 2.32. The number of aliphatic hydroxyl groups excluding tert-OH is 1. The molecule has 1 fully saturated rings. The van der Waals surface area contributed by atoms with Gasteiger partial charge in [0, 0.05) is 29.4 Å². The van der Waals surface area contributed by atoms with E-state index in [-0.39, 0.29) is 18.3 Å². The summed E-state index contributed by atoms with van der Waals surface area (Å²) in [5, 5.41) is 9.93. The molecule has 0 bridgehead atoms. The Labute approximate surface area is 107 Å². The van der Waals surface area contributed by atoms with E-state index in [1.807, 2.05) is 25.2 Å². The van der Waals surface area contributed by atoms with Crippen molar-refractivity contribution in [1.29, 1.82) is 0 Å². The molecule has 96 valence electrons. The third kappa shape index (κ3) is 3.52. The summed E-state index contributed by atoms with van der Waals surface area (Å²) in [4.78, 5) is 4.97. The lowest BCUT2D eigenvalue weighted by Crippen LogP contribution is -2.29. The number of ether oxygens (including phenoxy) is 1. The minimum Gasteiger partial charge on any atom is -0.389 e. The van der Waals surface area contributed by atoms with Crippen LogP contribution in [0.25, 0.3) is 0 Å². The van der Waals surface area contributed by atoms with E-state index in [2.05, 4.69) is 24.0 Å². The number of hydrogen-bond donors (Lipinski definition) is 1. The van der Waals surface area contributed by atoms with Gasteiger partial charge in [0.15, 0.2) is 0 Å². The molecule has 2 atom stereocenters. The molecule has 0 radical (unpaired) electrons. The first-order chi connectivity index (χ1) is 8.04. The van der Waals surface area contributed by atoms with Gasteiger partial charge in [-0.1, -0.05) is 0 Å². The van der Waals surface area contributed by atoms with Crippen molar-refractivity contribution in [3.8, 4) is 0 Å². The Bertz CT molecular complexity index is 364. The molecular formula is C13H21NO2S. The van der Waals surface area contributed by atoms with Crippen molar-refractivity contribution >= 4 is 11.3 Å². The van der Waals surface area contributed by atoms with Gasteiger partial charge in [0.05, 0.1) is 18.3 Å². The van der Waals surface area contributed by atoms with Gasteiger partial charge in [-0.3, -0.25) is 4.90 Å². The number of rotatable bonds is 4. The third-order valence-electron chi connectivity index (χ3n) is 2.93. The smallest absolute Gasteiger partial charge is 0.0976 e. The highest BCUT2D eigenvalue weighted by Crippen LogP contribution is 2.21. The number of β-amino-alcohol motifs (C(OH)–C–C–N with tert-alkyl or cyclic N) is 1. The molecule has 1 aliphatic rings. The Morgan fingerprint density at radius 2 is 2.24 bits per heavy atom. The van der Waals surface area contributed by atoms with Crippen molar-refractivity contribution in [3.63, 3.8) is 0 Å². The fourth-order valence-electron chi connectivity index (χ4n) is 2.24. The van der Waals surface area contributed by atoms with Crippen LogP contribution in [-0.4, -0.2) is 41.4 Å². The maximum absolute atomic E-state index is 9.93. The highest BCUT2D eigenvalue weighted by molar-refractivity contribution is 7.11. The largest absolute Gasteiger partial charge is 0.389 e. The van der Waals surface area contributed by atoms with Crippen LogP contribution in [0.3, 0.4) is 0 Å². The molecule has 0 unspecified atom stereocenters. The monoisotopic (exact) mass is 255 g/mol. The predicted octanol–water partition coefficient (Wildman–Crippen LogP) is 2.03. The molecule has 0 spiro atoms. The number of likely N-dealkylation sites (tertiary alicyclic amines) is 1. The highest BCUT2D eigenvalue weighted by atomic mass is 32.1. The Kier molecular flexibility index (Phi) is 4.20. The van der Waals surface area contributed by atoms with Gasteiger partial charge < -0.3 is 9.84 Å².